The molecule has 0 atom stereocenters. The van der Waals surface area contributed by atoms with Crippen molar-refractivity contribution in [3.63, 3.8) is 0 Å². The molecule has 1 N–H and O–H groups in total. The van der Waals surface area contributed by atoms with Gasteiger partial charge in [-0.15, -0.1) is 0 Å². The van der Waals surface area contributed by atoms with Gasteiger partial charge in [0.25, 0.3) is 0 Å². The van der Waals surface area contributed by atoms with Crippen LogP contribution in [0.3, 0.4) is 0 Å². The Morgan fingerprint density at radius 3 is 2.88 bits per heavy atom. The summed E-state index contributed by atoms with van der Waals surface area (Å²) in [5.74, 6) is 0.360. The molecule has 0 aromatic heterocycles. The Hall–Kier alpha value is -1.42. The lowest BCUT2D eigenvalue weighted by Gasteiger charge is -2.09. The molecule has 1 heterocycles. The summed E-state index contributed by atoms with van der Waals surface area (Å²) in [6.45, 7) is 2.04. The fourth-order valence-corrected chi connectivity index (χ4v) is 1.98. The van der Waals surface area contributed by atoms with Gasteiger partial charge >= 0.3 is 5.97 Å². The fourth-order valence-electron chi connectivity index (χ4n) is 1.71. The maximum Gasteiger partial charge on any atom is 0.303 e. The molecule has 0 saturated carbocycles. The summed E-state index contributed by atoms with van der Waals surface area (Å²) in [7, 11) is 0. The van der Waals surface area contributed by atoms with Gasteiger partial charge in [-0.2, -0.15) is 0 Å². The van der Waals surface area contributed by atoms with E-state index in [0.29, 0.717) is 22.9 Å². The first kappa shape index (κ1) is 11.1. The number of rotatable bonds is 3. The van der Waals surface area contributed by atoms with Crippen molar-refractivity contribution >= 4 is 17.6 Å². The summed E-state index contributed by atoms with van der Waals surface area (Å²) >= 11 is 6.01. The van der Waals surface area contributed by atoms with Crippen molar-refractivity contribution in [3.8, 4) is 11.5 Å². The molecule has 1 aromatic carbocycles. The fraction of sp³-hybridized carbons (Fsp3) is 0.364. The highest BCUT2D eigenvalue weighted by Crippen LogP contribution is 2.43. The van der Waals surface area contributed by atoms with Crippen LogP contribution < -0.4 is 9.47 Å². The Morgan fingerprint density at radius 2 is 2.19 bits per heavy atom. The van der Waals surface area contributed by atoms with E-state index in [4.69, 9.17) is 26.2 Å². The number of hydrogen-bond donors (Lipinski definition) is 1. The van der Waals surface area contributed by atoms with Crippen LogP contribution in [0.4, 0.5) is 0 Å². The number of carboxylic acids is 1. The van der Waals surface area contributed by atoms with Crippen molar-refractivity contribution in [1.29, 1.82) is 0 Å². The highest BCUT2D eigenvalue weighted by atomic mass is 35.5. The van der Waals surface area contributed by atoms with E-state index in [9.17, 15) is 4.79 Å². The number of carbonyl (C=O) groups is 1. The van der Waals surface area contributed by atoms with Crippen molar-refractivity contribution in [3.05, 3.63) is 22.2 Å². The van der Waals surface area contributed by atoms with Gasteiger partial charge in [-0.05, 0) is 30.5 Å². The highest BCUT2D eigenvalue weighted by molar-refractivity contribution is 6.32. The first-order valence-electron chi connectivity index (χ1n) is 4.89. The molecule has 5 heteroatoms. The van der Waals surface area contributed by atoms with E-state index < -0.39 is 5.97 Å². The lowest BCUT2D eigenvalue weighted by atomic mass is 10.0. The van der Waals surface area contributed by atoms with E-state index in [2.05, 4.69) is 0 Å². The van der Waals surface area contributed by atoms with Gasteiger partial charge in [0.05, 0.1) is 5.02 Å². The molecule has 0 saturated heterocycles. The Labute approximate surface area is 97.7 Å². The van der Waals surface area contributed by atoms with E-state index >= 15 is 0 Å². The third-order valence-electron chi connectivity index (χ3n) is 2.56. The third kappa shape index (κ3) is 1.93. The summed E-state index contributed by atoms with van der Waals surface area (Å²) in [4.78, 5) is 10.5. The molecule has 4 nitrogen and oxygen atoms in total. The van der Waals surface area contributed by atoms with Gasteiger partial charge in [-0.1, -0.05) is 11.6 Å². The predicted octanol–water partition coefficient (Wildman–Crippen LogP) is 2.39. The molecule has 0 amide bonds. The average Bonchev–Trinajstić information content (AvgIpc) is 2.70. The van der Waals surface area contributed by atoms with Crippen molar-refractivity contribution in [2.45, 2.75) is 19.8 Å². The molecule has 1 aliphatic heterocycles. The Kier molecular flexibility index (Phi) is 2.92. The number of halogens is 1. The number of fused-ring (bicyclic) bond motifs is 1. The molecule has 16 heavy (non-hydrogen) atoms. The van der Waals surface area contributed by atoms with Crippen molar-refractivity contribution in [2.24, 2.45) is 0 Å². The van der Waals surface area contributed by atoms with E-state index in [0.717, 1.165) is 11.1 Å². The van der Waals surface area contributed by atoms with Crippen LogP contribution in [0.25, 0.3) is 0 Å². The van der Waals surface area contributed by atoms with Crippen molar-refractivity contribution in [1.82, 2.24) is 0 Å². The molecule has 1 aromatic rings. The van der Waals surface area contributed by atoms with Crippen LogP contribution in [-0.2, 0) is 11.2 Å². The predicted molar refractivity (Wildman–Crippen MR) is 58.3 cm³/mol. The number of aliphatic carboxylic acids is 1. The van der Waals surface area contributed by atoms with Crippen LogP contribution in [-0.4, -0.2) is 17.9 Å². The number of carboxylic acid groups (broad SMARTS) is 1. The normalized spacial score (nSPS) is 12.9. The minimum atomic E-state index is -0.826. The second-order valence-corrected chi connectivity index (χ2v) is 4.01. The van der Waals surface area contributed by atoms with E-state index in [1.807, 2.05) is 6.92 Å². The highest BCUT2D eigenvalue weighted by Gasteiger charge is 2.22. The quantitative estimate of drug-likeness (QED) is 0.884. The second-order valence-electron chi connectivity index (χ2n) is 3.60. The van der Waals surface area contributed by atoms with Gasteiger partial charge in [0.1, 0.15) is 0 Å². The minimum absolute atomic E-state index is 0.0802. The maximum atomic E-state index is 10.5. The lowest BCUT2D eigenvalue weighted by molar-refractivity contribution is -0.136. The zero-order chi connectivity index (χ0) is 11.7. The van der Waals surface area contributed by atoms with Gasteiger partial charge < -0.3 is 14.6 Å². The third-order valence-corrected chi connectivity index (χ3v) is 2.84. The van der Waals surface area contributed by atoms with Crippen LogP contribution in [0.1, 0.15) is 17.5 Å². The van der Waals surface area contributed by atoms with Crippen LogP contribution in [0, 0.1) is 6.92 Å². The summed E-state index contributed by atoms with van der Waals surface area (Å²) in [5, 5.41) is 9.11. The van der Waals surface area contributed by atoms with Gasteiger partial charge in [0, 0.05) is 6.42 Å². The topological polar surface area (TPSA) is 55.8 Å². The number of hydrogen-bond acceptors (Lipinski definition) is 3. The maximum absolute atomic E-state index is 10.5. The Bertz CT molecular complexity index is 442. The van der Waals surface area contributed by atoms with E-state index in [1.165, 1.54) is 0 Å². The van der Waals surface area contributed by atoms with Crippen molar-refractivity contribution in [2.75, 3.05) is 6.79 Å². The minimum Gasteiger partial charge on any atom is -0.481 e. The molecule has 0 fully saturated rings. The van der Waals surface area contributed by atoms with Crippen LogP contribution >= 0.6 is 11.6 Å². The van der Waals surface area contributed by atoms with Gasteiger partial charge in [0.15, 0.2) is 11.5 Å². The van der Waals surface area contributed by atoms with Crippen LogP contribution in [0.2, 0.25) is 5.02 Å². The molecular formula is C11H11ClO4. The number of benzene rings is 1. The van der Waals surface area contributed by atoms with Crippen LogP contribution in [0.5, 0.6) is 11.5 Å². The molecule has 0 bridgehead atoms. The number of ether oxygens (including phenoxy) is 2. The smallest absolute Gasteiger partial charge is 0.303 e. The molecule has 1 aliphatic rings. The van der Waals surface area contributed by atoms with E-state index in [-0.39, 0.29) is 13.2 Å². The molecule has 0 unspecified atom stereocenters. The zero-order valence-corrected chi connectivity index (χ0v) is 9.50. The standard InChI is InChI=1S/C11H11ClO4/c1-6-7(2-3-9(13)14)4-8(12)11-10(6)15-5-16-11/h4H,2-3,5H2,1H3,(H,13,14). The number of aryl methyl sites for hydroxylation is 1. The van der Waals surface area contributed by atoms with E-state index in [1.54, 1.807) is 6.07 Å². The summed E-state index contributed by atoms with van der Waals surface area (Å²) in [5.41, 5.74) is 1.79. The molecule has 86 valence electrons. The summed E-state index contributed by atoms with van der Waals surface area (Å²) < 4.78 is 10.5. The molecule has 0 radical (unpaired) electrons. The molecular weight excluding hydrogens is 232 g/mol. The first-order chi connectivity index (χ1) is 7.59. The zero-order valence-electron chi connectivity index (χ0n) is 8.75. The molecule has 0 aliphatic carbocycles. The van der Waals surface area contributed by atoms with Gasteiger partial charge in [0.2, 0.25) is 6.79 Å². The Balaban J connectivity index is 2.33. The Morgan fingerprint density at radius 1 is 1.50 bits per heavy atom. The van der Waals surface area contributed by atoms with Gasteiger partial charge in [-0.3, -0.25) is 4.79 Å². The average molecular weight is 243 g/mol. The SMILES string of the molecule is Cc1c(CCC(=O)O)cc(Cl)c2c1OCO2. The molecule has 0 spiro atoms. The summed E-state index contributed by atoms with van der Waals surface area (Å²) in [6, 6.07) is 1.74. The lowest BCUT2D eigenvalue weighted by Crippen LogP contribution is -1.99. The van der Waals surface area contributed by atoms with Crippen LogP contribution in [0.15, 0.2) is 6.07 Å². The monoisotopic (exact) mass is 242 g/mol. The largest absolute Gasteiger partial charge is 0.481 e. The van der Waals surface area contributed by atoms with Crippen molar-refractivity contribution < 1.29 is 19.4 Å². The summed E-state index contributed by atoms with van der Waals surface area (Å²) in [6.07, 6.45) is 0.522. The first-order valence-corrected chi connectivity index (χ1v) is 5.26. The van der Waals surface area contributed by atoms with Gasteiger partial charge in [-0.25, -0.2) is 0 Å². The molecule has 2 rings (SSSR count). The second kappa shape index (κ2) is 4.22.